The number of nitrogens with one attached hydrogen (secondary N) is 1. The van der Waals surface area contributed by atoms with E-state index in [-0.39, 0.29) is 11.7 Å². The predicted octanol–water partition coefficient (Wildman–Crippen LogP) is 2.07. The second kappa shape index (κ2) is 7.40. The SMILES string of the molecule is Cc1cc(F)ccc1N1CCC(N2CC[C@H](O)[C@@]3(CCCNC3=O)C2)CC1. The zero-order chi connectivity index (χ0) is 19.0. The molecule has 3 heterocycles. The van der Waals surface area contributed by atoms with E-state index in [1.54, 1.807) is 6.07 Å². The number of carbonyl (C=O) groups is 1. The third-order valence-electron chi connectivity index (χ3n) is 6.83. The lowest BCUT2D eigenvalue weighted by Crippen LogP contribution is -2.63. The topological polar surface area (TPSA) is 55.8 Å². The molecule has 3 aliphatic heterocycles. The van der Waals surface area contributed by atoms with Crippen LogP contribution in [0.2, 0.25) is 0 Å². The number of aliphatic hydroxyl groups is 1. The van der Waals surface area contributed by atoms with Gasteiger partial charge in [-0.05, 0) is 62.8 Å². The van der Waals surface area contributed by atoms with Crippen LogP contribution in [-0.4, -0.2) is 60.8 Å². The molecule has 0 radical (unpaired) electrons. The number of hydrogen-bond donors (Lipinski definition) is 2. The quantitative estimate of drug-likeness (QED) is 0.831. The van der Waals surface area contributed by atoms with Crippen molar-refractivity contribution in [2.24, 2.45) is 5.41 Å². The molecule has 5 nitrogen and oxygen atoms in total. The van der Waals surface area contributed by atoms with Crippen LogP contribution in [0.15, 0.2) is 18.2 Å². The van der Waals surface area contributed by atoms with Crippen molar-refractivity contribution in [3.8, 4) is 0 Å². The lowest BCUT2D eigenvalue weighted by atomic mass is 9.71. The van der Waals surface area contributed by atoms with Crippen LogP contribution < -0.4 is 10.2 Å². The van der Waals surface area contributed by atoms with Crippen molar-refractivity contribution in [1.29, 1.82) is 0 Å². The summed E-state index contributed by atoms with van der Waals surface area (Å²) in [6.07, 6.45) is 3.93. The van der Waals surface area contributed by atoms with Gasteiger partial charge in [0.2, 0.25) is 5.91 Å². The number of aryl methyl sites for hydroxylation is 1. The van der Waals surface area contributed by atoms with Crippen molar-refractivity contribution >= 4 is 11.6 Å². The van der Waals surface area contributed by atoms with E-state index in [9.17, 15) is 14.3 Å². The number of halogens is 1. The highest BCUT2D eigenvalue weighted by molar-refractivity contribution is 5.84. The first-order valence-corrected chi connectivity index (χ1v) is 10.2. The number of aliphatic hydroxyl groups excluding tert-OH is 1. The Bertz CT molecular complexity index is 705. The number of carbonyl (C=O) groups excluding carboxylic acids is 1. The average Bonchev–Trinajstić information content (AvgIpc) is 2.66. The first-order valence-electron chi connectivity index (χ1n) is 10.2. The van der Waals surface area contributed by atoms with Gasteiger partial charge in [-0.25, -0.2) is 4.39 Å². The molecule has 1 spiro atoms. The first-order chi connectivity index (χ1) is 13.0. The summed E-state index contributed by atoms with van der Waals surface area (Å²) in [6, 6.07) is 5.45. The van der Waals surface area contributed by atoms with Gasteiger partial charge in [-0.2, -0.15) is 0 Å². The number of amides is 1. The molecule has 3 fully saturated rings. The van der Waals surface area contributed by atoms with E-state index in [0.29, 0.717) is 19.0 Å². The molecule has 3 saturated heterocycles. The summed E-state index contributed by atoms with van der Waals surface area (Å²) < 4.78 is 13.4. The van der Waals surface area contributed by atoms with E-state index in [0.717, 1.165) is 63.1 Å². The third-order valence-corrected chi connectivity index (χ3v) is 6.83. The molecule has 27 heavy (non-hydrogen) atoms. The Morgan fingerprint density at radius 3 is 2.70 bits per heavy atom. The van der Waals surface area contributed by atoms with Gasteiger partial charge in [-0.3, -0.25) is 9.69 Å². The van der Waals surface area contributed by atoms with Gasteiger partial charge in [0.1, 0.15) is 5.82 Å². The summed E-state index contributed by atoms with van der Waals surface area (Å²) in [5.41, 5.74) is 1.47. The van der Waals surface area contributed by atoms with Gasteiger partial charge in [-0.15, -0.1) is 0 Å². The minimum atomic E-state index is -0.624. The molecule has 0 bridgehead atoms. The van der Waals surface area contributed by atoms with Crippen LogP contribution in [0.3, 0.4) is 0 Å². The molecule has 148 valence electrons. The van der Waals surface area contributed by atoms with Gasteiger partial charge >= 0.3 is 0 Å². The molecule has 6 heteroatoms. The molecule has 1 aromatic carbocycles. The Balaban J connectivity index is 1.41. The van der Waals surface area contributed by atoms with Crippen molar-refractivity contribution < 1.29 is 14.3 Å². The molecule has 0 aromatic heterocycles. The zero-order valence-electron chi connectivity index (χ0n) is 16.1. The summed E-state index contributed by atoms with van der Waals surface area (Å²) in [6.45, 7) is 6.09. The van der Waals surface area contributed by atoms with E-state index < -0.39 is 11.5 Å². The average molecular weight is 375 g/mol. The Morgan fingerprint density at radius 2 is 2.00 bits per heavy atom. The van der Waals surface area contributed by atoms with Gasteiger partial charge in [0.15, 0.2) is 0 Å². The standard InChI is InChI=1S/C21H30FN3O2/c1-15-13-16(22)3-4-18(15)24-10-5-17(6-11-24)25-12-7-19(26)21(14-25)8-2-9-23-20(21)27/h3-4,13,17,19,26H,2,5-12,14H2,1H3,(H,23,27)/t19-,21+/m0/s1. The molecule has 1 amide bonds. The lowest BCUT2D eigenvalue weighted by Gasteiger charge is -2.50. The van der Waals surface area contributed by atoms with Gasteiger partial charge in [0.05, 0.1) is 11.5 Å². The van der Waals surface area contributed by atoms with Crippen LogP contribution in [0.25, 0.3) is 0 Å². The van der Waals surface area contributed by atoms with E-state index in [2.05, 4.69) is 15.1 Å². The summed E-state index contributed by atoms with van der Waals surface area (Å²) in [4.78, 5) is 17.4. The van der Waals surface area contributed by atoms with Gasteiger partial charge in [-0.1, -0.05) is 0 Å². The number of benzene rings is 1. The third kappa shape index (κ3) is 3.45. The van der Waals surface area contributed by atoms with Gasteiger partial charge in [0, 0.05) is 44.5 Å². The van der Waals surface area contributed by atoms with Crippen LogP contribution in [-0.2, 0) is 4.79 Å². The van der Waals surface area contributed by atoms with Crippen LogP contribution in [0.1, 0.15) is 37.7 Å². The van der Waals surface area contributed by atoms with E-state index in [1.165, 1.54) is 6.07 Å². The Morgan fingerprint density at radius 1 is 1.22 bits per heavy atom. The van der Waals surface area contributed by atoms with Crippen LogP contribution in [0.4, 0.5) is 10.1 Å². The molecule has 3 aliphatic rings. The number of hydrogen-bond acceptors (Lipinski definition) is 4. The molecule has 0 unspecified atom stereocenters. The van der Waals surface area contributed by atoms with Crippen LogP contribution in [0, 0.1) is 18.2 Å². The molecule has 2 atom stereocenters. The Hall–Kier alpha value is -1.66. The molecule has 1 aromatic rings. The normalized spacial score (nSPS) is 30.6. The first kappa shape index (κ1) is 18.7. The molecule has 4 rings (SSSR count). The van der Waals surface area contributed by atoms with Crippen LogP contribution >= 0.6 is 0 Å². The second-order valence-electron chi connectivity index (χ2n) is 8.44. The Labute approximate surface area is 160 Å². The number of likely N-dealkylation sites (tertiary alicyclic amines) is 1. The van der Waals surface area contributed by atoms with E-state index in [1.807, 2.05) is 13.0 Å². The molecule has 0 saturated carbocycles. The number of anilines is 1. The minimum Gasteiger partial charge on any atom is -0.392 e. The fourth-order valence-electron chi connectivity index (χ4n) is 5.23. The highest BCUT2D eigenvalue weighted by Gasteiger charge is 2.50. The van der Waals surface area contributed by atoms with Crippen molar-refractivity contribution in [1.82, 2.24) is 10.2 Å². The number of piperidine rings is 3. The van der Waals surface area contributed by atoms with Crippen molar-refractivity contribution in [3.63, 3.8) is 0 Å². The maximum Gasteiger partial charge on any atom is 0.230 e. The fraction of sp³-hybridized carbons (Fsp3) is 0.667. The minimum absolute atomic E-state index is 0.0327. The lowest BCUT2D eigenvalue weighted by molar-refractivity contribution is -0.150. The molecular weight excluding hydrogens is 345 g/mol. The Kier molecular flexibility index (Phi) is 5.12. The summed E-state index contributed by atoms with van der Waals surface area (Å²) in [5.74, 6) is -0.153. The van der Waals surface area contributed by atoms with Gasteiger partial charge < -0.3 is 15.3 Å². The van der Waals surface area contributed by atoms with Gasteiger partial charge in [0.25, 0.3) is 0 Å². The smallest absolute Gasteiger partial charge is 0.230 e. The van der Waals surface area contributed by atoms with Crippen molar-refractivity contribution in [3.05, 3.63) is 29.6 Å². The number of rotatable bonds is 2. The maximum absolute atomic E-state index is 13.4. The van der Waals surface area contributed by atoms with E-state index >= 15 is 0 Å². The molecule has 0 aliphatic carbocycles. The number of nitrogens with zero attached hydrogens (tertiary/aromatic N) is 2. The second-order valence-corrected chi connectivity index (χ2v) is 8.44. The highest BCUT2D eigenvalue weighted by atomic mass is 19.1. The monoisotopic (exact) mass is 375 g/mol. The van der Waals surface area contributed by atoms with E-state index in [4.69, 9.17) is 0 Å². The van der Waals surface area contributed by atoms with Crippen LogP contribution in [0.5, 0.6) is 0 Å². The highest BCUT2D eigenvalue weighted by Crippen LogP contribution is 2.39. The summed E-state index contributed by atoms with van der Waals surface area (Å²) in [5, 5.41) is 13.6. The summed E-state index contributed by atoms with van der Waals surface area (Å²) >= 11 is 0. The molecule has 2 N–H and O–H groups in total. The zero-order valence-corrected chi connectivity index (χ0v) is 16.1. The predicted molar refractivity (Wildman–Crippen MR) is 103 cm³/mol. The van der Waals surface area contributed by atoms with Crippen molar-refractivity contribution in [2.45, 2.75) is 51.2 Å². The maximum atomic E-state index is 13.4. The molecular formula is C21H30FN3O2. The largest absolute Gasteiger partial charge is 0.392 e. The summed E-state index contributed by atoms with van der Waals surface area (Å²) in [7, 11) is 0. The fourth-order valence-corrected chi connectivity index (χ4v) is 5.23. The van der Waals surface area contributed by atoms with Crippen molar-refractivity contribution in [2.75, 3.05) is 37.6 Å².